The fourth-order valence-electron chi connectivity index (χ4n) is 4.48. The largest absolute Gasteiger partial charge is 0.497 e. The van der Waals surface area contributed by atoms with Gasteiger partial charge >= 0.3 is 0 Å². The Labute approximate surface area is 189 Å². The lowest BCUT2D eigenvalue weighted by Gasteiger charge is -2.17. The zero-order valence-electron chi connectivity index (χ0n) is 19.4. The molecule has 7 nitrogen and oxygen atoms in total. The van der Waals surface area contributed by atoms with Crippen LogP contribution in [0.3, 0.4) is 0 Å². The molecule has 3 unspecified atom stereocenters. The molecular weight excluding hydrogens is 404 g/mol. The van der Waals surface area contributed by atoms with E-state index in [0.29, 0.717) is 19.0 Å². The number of carbonyl (C=O) groups excluding carboxylic acids is 2. The van der Waals surface area contributed by atoms with Crippen molar-refractivity contribution in [2.24, 2.45) is 11.8 Å². The molecule has 1 saturated carbocycles. The molecule has 32 heavy (non-hydrogen) atoms. The summed E-state index contributed by atoms with van der Waals surface area (Å²) in [7, 11) is 1.63. The van der Waals surface area contributed by atoms with Crippen molar-refractivity contribution in [1.82, 2.24) is 20.2 Å². The Morgan fingerprint density at radius 2 is 1.94 bits per heavy atom. The van der Waals surface area contributed by atoms with Gasteiger partial charge in [-0.15, -0.1) is 0 Å². The molecule has 4 rings (SSSR count). The van der Waals surface area contributed by atoms with E-state index in [1.807, 2.05) is 43.0 Å². The molecule has 1 N–H and O–H groups in total. The average molecular weight is 437 g/mol. The summed E-state index contributed by atoms with van der Waals surface area (Å²) < 4.78 is 5.23. The van der Waals surface area contributed by atoms with Crippen LogP contribution in [0, 0.1) is 25.7 Å². The van der Waals surface area contributed by atoms with Gasteiger partial charge in [-0.1, -0.05) is 19.1 Å². The topological polar surface area (TPSA) is 84.4 Å². The number of carbonyl (C=O) groups is 2. The minimum absolute atomic E-state index is 0.0634. The number of aryl methyl sites for hydroxylation is 2. The van der Waals surface area contributed by atoms with Crippen molar-refractivity contribution in [1.29, 1.82) is 0 Å². The normalized spacial score (nSPS) is 22.0. The molecule has 2 aliphatic rings. The number of nitrogens with one attached hydrogen (secondary N) is 1. The number of hydrogen-bond donors (Lipinski definition) is 1. The van der Waals surface area contributed by atoms with Gasteiger partial charge in [-0.2, -0.15) is 0 Å². The highest BCUT2D eigenvalue weighted by Crippen LogP contribution is 2.40. The van der Waals surface area contributed by atoms with Crippen LogP contribution in [-0.2, 0) is 22.6 Å². The Morgan fingerprint density at radius 3 is 2.59 bits per heavy atom. The summed E-state index contributed by atoms with van der Waals surface area (Å²) in [6, 6.07) is 7.65. The van der Waals surface area contributed by atoms with E-state index in [2.05, 4.69) is 12.2 Å². The fraction of sp³-hybridized carbons (Fsp3) is 0.520. The maximum Gasteiger partial charge on any atom is 0.225 e. The number of hydrogen-bond acceptors (Lipinski definition) is 5. The van der Waals surface area contributed by atoms with Crippen LogP contribution in [-0.4, -0.2) is 46.9 Å². The Morgan fingerprint density at radius 1 is 1.22 bits per heavy atom. The van der Waals surface area contributed by atoms with E-state index in [-0.39, 0.29) is 30.1 Å². The number of nitrogens with zero attached hydrogens (tertiary/aromatic N) is 3. The van der Waals surface area contributed by atoms with Crippen molar-refractivity contribution < 1.29 is 14.3 Å². The van der Waals surface area contributed by atoms with Crippen LogP contribution in [0.15, 0.2) is 24.3 Å². The standard InChI is InChI=1S/C25H32N4O3/c1-15-10-21(15)25(31)29-9-8-19(14-29)24-27-16(2)22(17(3)28-24)12-23(30)26-13-18-6-5-7-20(11-18)32-4/h5-7,11,15,19,21H,8-10,12-14H2,1-4H3,(H,26,30). The van der Waals surface area contributed by atoms with E-state index in [9.17, 15) is 9.59 Å². The quantitative estimate of drug-likeness (QED) is 0.721. The Bertz CT molecular complexity index is 999. The molecule has 0 radical (unpaired) electrons. The summed E-state index contributed by atoms with van der Waals surface area (Å²) in [5.41, 5.74) is 3.53. The van der Waals surface area contributed by atoms with Crippen molar-refractivity contribution in [3.05, 3.63) is 52.6 Å². The monoisotopic (exact) mass is 436 g/mol. The second-order valence-electron chi connectivity index (χ2n) is 9.13. The van der Waals surface area contributed by atoms with Crippen molar-refractivity contribution in [2.45, 2.75) is 52.5 Å². The molecule has 1 aliphatic heterocycles. The van der Waals surface area contributed by atoms with Crippen LogP contribution in [0.2, 0.25) is 0 Å². The summed E-state index contributed by atoms with van der Waals surface area (Å²) in [4.78, 5) is 36.5. The molecule has 0 bridgehead atoms. The van der Waals surface area contributed by atoms with Gasteiger partial charge in [0, 0.05) is 48.4 Å². The van der Waals surface area contributed by atoms with Gasteiger partial charge in [0.1, 0.15) is 11.6 Å². The van der Waals surface area contributed by atoms with E-state index >= 15 is 0 Å². The van der Waals surface area contributed by atoms with Crippen molar-refractivity contribution in [3.63, 3.8) is 0 Å². The lowest BCUT2D eigenvalue weighted by atomic mass is 10.0. The molecular formula is C25H32N4O3. The van der Waals surface area contributed by atoms with Gasteiger partial charge in [0.15, 0.2) is 0 Å². The maximum atomic E-state index is 12.6. The minimum atomic E-state index is -0.0634. The Hall–Kier alpha value is -2.96. The van der Waals surface area contributed by atoms with Crippen LogP contribution in [0.5, 0.6) is 5.75 Å². The van der Waals surface area contributed by atoms with Crippen LogP contribution in [0.4, 0.5) is 0 Å². The van der Waals surface area contributed by atoms with Crippen molar-refractivity contribution in [2.75, 3.05) is 20.2 Å². The van der Waals surface area contributed by atoms with Gasteiger partial charge in [-0.3, -0.25) is 9.59 Å². The third kappa shape index (κ3) is 4.92. The summed E-state index contributed by atoms with van der Waals surface area (Å²) in [5.74, 6) is 2.70. The second-order valence-corrected chi connectivity index (χ2v) is 9.13. The summed E-state index contributed by atoms with van der Waals surface area (Å²) in [6.45, 7) is 7.93. The first-order valence-corrected chi connectivity index (χ1v) is 11.4. The highest BCUT2D eigenvalue weighted by Gasteiger charge is 2.43. The third-order valence-corrected chi connectivity index (χ3v) is 6.69. The lowest BCUT2D eigenvalue weighted by molar-refractivity contribution is -0.131. The predicted octanol–water partition coefficient (Wildman–Crippen LogP) is 2.93. The average Bonchev–Trinajstić information content (AvgIpc) is 3.31. The molecule has 7 heteroatoms. The van der Waals surface area contributed by atoms with E-state index in [1.165, 1.54) is 0 Å². The first-order chi connectivity index (χ1) is 15.4. The van der Waals surface area contributed by atoms with Crippen LogP contribution in [0.25, 0.3) is 0 Å². The van der Waals surface area contributed by atoms with Gasteiger partial charge in [0.2, 0.25) is 11.8 Å². The second kappa shape index (κ2) is 9.27. The number of methoxy groups -OCH3 is 1. The SMILES string of the molecule is COc1cccc(CNC(=O)Cc2c(C)nc(C3CCN(C(=O)C4CC4C)C3)nc2C)c1. The highest BCUT2D eigenvalue weighted by atomic mass is 16.5. The van der Waals surface area contributed by atoms with Gasteiger partial charge < -0.3 is 15.0 Å². The zero-order chi connectivity index (χ0) is 22.8. The highest BCUT2D eigenvalue weighted by molar-refractivity contribution is 5.82. The third-order valence-electron chi connectivity index (χ3n) is 6.69. The van der Waals surface area contributed by atoms with Gasteiger partial charge in [0.05, 0.1) is 13.5 Å². The van der Waals surface area contributed by atoms with E-state index in [4.69, 9.17) is 14.7 Å². The van der Waals surface area contributed by atoms with E-state index in [0.717, 1.165) is 53.5 Å². The summed E-state index contributed by atoms with van der Waals surface area (Å²) >= 11 is 0. The zero-order valence-corrected chi connectivity index (χ0v) is 19.4. The number of likely N-dealkylation sites (tertiary alicyclic amines) is 1. The maximum absolute atomic E-state index is 12.6. The molecule has 2 heterocycles. The number of amides is 2. The molecule has 1 aromatic carbocycles. The molecule has 2 aromatic rings. The Kier molecular flexibility index (Phi) is 6.44. The smallest absolute Gasteiger partial charge is 0.225 e. The Balaban J connectivity index is 1.36. The molecule has 1 aromatic heterocycles. The number of ether oxygens (including phenoxy) is 1. The fourth-order valence-corrected chi connectivity index (χ4v) is 4.48. The number of benzene rings is 1. The number of rotatable bonds is 7. The van der Waals surface area contributed by atoms with Crippen LogP contribution >= 0.6 is 0 Å². The van der Waals surface area contributed by atoms with Crippen molar-refractivity contribution >= 4 is 11.8 Å². The van der Waals surface area contributed by atoms with Crippen LogP contribution in [0.1, 0.15) is 54.0 Å². The minimum Gasteiger partial charge on any atom is -0.497 e. The molecule has 0 spiro atoms. The number of aromatic nitrogens is 2. The van der Waals surface area contributed by atoms with Gasteiger partial charge in [-0.05, 0) is 50.3 Å². The molecule has 1 aliphatic carbocycles. The van der Waals surface area contributed by atoms with Crippen LogP contribution < -0.4 is 10.1 Å². The predicted molar refractivity (Wildman–Crippen MR) is 121 cm³/mol. The molecule has 2 fully saturated rings. The van der Waals surface area contributed by atoms with Crippen molar-refractivity contribution in [3.8, 4) is 5.75 Å². The first-order valence-electron chi connectivity index (χ1n) is 11.4. The summed E-state index contributed by atoms with van der Waals surface area (Å²) in [5, 5.41) is 2.97. The molecule has 3 atom stereocenters. The summed E-state index contributed by atoms with van der Waals surface area (Å²) in [6.07, 6.45) is 2.16. The van der Waals surface area contributed by atoms with Gasteiger partial charge in [0.25, 0.3) is 0 Å². The van der Waals surface area contributed by atoms with E-state index < -0.39 is 0 Å². The lowest BCUT2D eigenvalue weighted by Crippen LogP contribution is -2.30. The molecule has 1 saturated heterocycles. The molecule has 2 amide bonds. The first kappa shape index (κ1) is 22.2. The van der Waals surface area contributed by atoms with Gasteiger partial charge in [-0.25, -0.2) is 9.97 Å². The van der Waals surface area contributed by atoms with E-state index in [1.54, 1.807) is 7.11 Å². The molecule has 170 valence electrons.